The molecule has 0 radical (unpaired) electrons. The normalized spacial score (nSPS) is 50.4. The molecule has 3 heterocycles. The van der Waals surface area contributed by atoms with Crippen molar-refractivity contribution in [1.82, 2.24) is 0 Å². The summed E-state index contributed by atoms with van der Waals surface area (Å²) in [5.41, 5.74) is 5.25. The van der Waals surface area contributed by atoms with Gasteiger partial charge >= 0.3 is 16.6 Å². The van der Waals surface area contributed by atoms with E-state index in [9.17, 15) is 4.57 Å². The number of phosphoric acid groups is 1. The quantitative estimate of drug-likeness (QED) is 0.390. The van der Waals surface area contributed by atoms with Gasteiger partial charge in [-0.2, -0.15) is 0 Å². The van der Waals surface area contributed by atoms with E-state index in [1.165, 1.54) is 0 Å². The molecule has 2 N–H and O–H groups in total. The molecule has 0 spiro atoms. The standard InChI is InChI=1S/C3H8NO5PSi/c1-2-3(4)11-7-6-10(5,8-11)9-11/h3H,2,4H2,1H3. The highest BCUT2D eigenvalue weighted by Gasteiger charge is 2.75. The van der Waals surface area contributed by atoms with Crippen molar-refractivity contribution in [2.75, 3.05) is 0 Å². The fourth-order valence-electron chi connectivity index (χ4n) is 0.924. The average Bonchev–Trinajstić information content (AvgIpc) is 2.40. The van der Waals surface area contributed by atoms with Gasteiger partial charge < -0.3 is 5.73 Å². The minimum Gasteiger partial charge on any atom is -0.324 e. The molecule has 0 aromatic heterocycles. The minimum absolute atomic E-state index is 0.341. The van der Waals surface area contributed by atoms with Crippen molar-refractivity contribution in [3.8, 4) is 0 Å². The number of rotatable bonds is 2. The van der Waals surface area contributed by atoms with Crippen LogP contribution in [0.1, 0.15) is 13.3 Å². The molecule has 8 heteroatoms. The Bertz CT molecular complexity index is 224. The predicted molar refractivity (Wildman–Crippen MR) is 36.0 cm³/mol. The third kappa shape index (κ3) is 0.939. The lowest BCUT2D eigenvalue weighted by molar-refractivity contribution is -0.0897. The largest absolute Gasteiger partial charge is 0.564 e. The van der Waals surface area contributed by atoms with Gasteiger partial charge in [0, 0.05) is 0 Å². The molecule has 3 aliphatic rings. The van der Waals surface area contributed by atoms with Crippen molar-refractivity contribution in [3.05, 3.63) is 0 Å². The molecule has 0 amide bonds. The Labute approximate surface area is 64.5 Å². The molecule has 1 atom stereocenters. The fourth-order valence-corrected chi connectivity index (χ4v) is 6.45. The number of fused-ring (bicyclic) bond motifs is 1. The van der Waals surface area contributed by atoms with Gasteiger partial charge in [-0.25, -0.2) is 9.14 Å². The zero-order valence-corrected chi connectivity index (χ0v) is 7.74. The molecule has 1 unspecified atom stereocenters. The average molecular weight is 197 g/mol. The SMILES string of the molecule is CCC(N)[Si]12OOP(=O)(O1)O2. The van der Waals surface area contributed by atoms with E-state index in [4.69, 9.17) is 14.2 Å². The van der Waals surface area contributed by atoms with Crippen molar-refractivity contribution in [2.24, 2.45) is 5.73 Å². The molecular formula is C3H8NO5PSi. The lowest BCUT2D eigenvalue weighted by Gasteiger charge is -2.30. The molecule has 0 aromatic rings. The lowest BCUT2D eigenvalue weighted by Crippen LogP contribution is -2.59. The third-order valence-corrected chi connectivity index (χ3v) is 7.47. The van der Waals surface area contributed by atoms with Crippen LogP contribution in [0.4, 0.5) is 0 Å². The van der Waals surface area contributed by atoms with Crippen LogP contribution in [0.15, 0.2) is 0 Å². The van der Waals surface area contributed by atoms with Gasteiger partial charge in [0.25, 0.3) is 0 Å². The van der Waals surface area contributed by atoms with E-state index in [2.05, 4.69) is 9.25 Å². The summed E-state index contributed by atoms with van der Waals surface area (Å²) in [4.78, 5) is 0. The maximum absolute atomic E-state index is 10.9. The van der Waals surface area contributed by atoms with Gasteiger partial charge in [-0.3, -0.25) is 8.43 Å². The summed E-state index contributed by atoms with van der Waals surface area (Å²) < 4.78 is 29.7. The molecule has 3 rings (SSSR count). The zero-order valence-electron chi connectivity index (χ0n) is 5.85. The Balaban J connectivity index is 2.12. The number of hydrogen-bond acceptors (Lipinski definition) is 6. The Kier molecular flexibility index (Phi) is 1.53. The molecule has 0 saturated carbocycles. The van der Waals surface area contributed by atoms with Crippen LogP contribution < -0.4 is 5.73 Å². The van der Waals surface area contributed by atoms with E-state index in [0.717, 1.165) is 0 Å². The zero-order chi connectivity index (χ0) is 8.11. The molecule has 6 nitrogen and oxygen atoms in total. The first-order chi connectivity index (χ1) is 5.10. The molecule has 0 aliphatic carbocycles. The van der Waals surface area contributed by atoms with Gasteiger partial charge in [-0.15, -0.1) is 4.67 Å². The summed E-state index contributed by atoms with van der Waals surface area (Å²) in [6.07, 6.45) is 0.648. The van der Waals surface area contributed by atoms with E-state index in [-0.39, 0.29) is 5.67 Å². The van der Waals surface area contributed by atoms with Crippen LogP contribution in [0.5, 0.6) is 0 Å². The Morgan fingerprint density at radius 3 is 2.64 bits per heavy atom. The van der Waals surface area contributed by atoms with Crippen molar-refractivity contribution < 1.29 is 22.2 Å². The van der Waals surface area contributed by atoms with E-state index < -0.39 is 16.6 Å². The fraction of sp³-hybridized carbons (Fsp3) is 1.00. The van der Waals surface area contributed by atoms with Gasteiger partial charge in [0.05, 0.1) is 5.67 Å². The van der Waals surface area contributed by atoms with Crippen LogP contribution in [-0.4, -0.2) is 14.5 Å². The summed E-state index contributed by atoms with van der Waals surface area (Å²) in [6, 6.07) is 0. The molecule has 2 bridgehead atoms. The molecule has 64 valence electrons. The minimum atomic E-state index is -3.27. The van der Waals surface area contributed by atoms with Crippen LogP contribution in [0.2, 0.25) is 0 Å². The maximum Gasteiger partial charge on any atom is 0.564 e. The smallest absolute Gasteiger partial charge is 0.324 e. The number of nitrogens with two attached hydrogens (primary N) is 1. The molecular weight excluding hydrogens is 189 g/mol. The van der Waals surface area contributed by atoms with Crippen molar-refractivity contribution in [2.45, 2.75) is 19.0 Å². The summed E-state index contributed by atoms with van der Waals surface area (Å²) in [7, 11) is -6.10. The van der Waals surface area contributed by atoms with Crippen LogP contribution in [0.3, 0.4) is 0 Å². The maximum atomic E-state index is 10.9. The molecule has 3 saturated heterocycles. The summed E-state index contributed by atoms with van der Waals surface area (Å²) >= 11 is 0. The van der Waals surface area contributed by atoms with E-state index >= 15 is 0 Å². The van der Waals surface area contributed by atoms with Gasteiger partial charge in [0.1, 0.15) is 0 Å². The van der Waals surface area contributed by atoms with Crippen molar-refractivity contribution in [3.63, 3.8) is 0 Å². The summed E-state index contributed by atoms with van der Waals surface area (Å²) in [5, 5.41) is 0. The Morgan fingerprint density at radius 2 is 2.27 bits per heavy atom. The second kappa shape index (κ2) is 2.14. The Hall–Kier alpha value is 0.247. The first-order valence-corrected chi connectivity index (χ1v) is 6.51. The van der Waals surface area contributed by atoms with Crippen LogP contribution >= 0.6 is 7.82 Å². The van der Waals surface area contributed by atoms with Gasteiger partial charge in [0.15, 0.2) is 0 Å². The second-order valence-corrected chi connectivity index (χ2v) is 7.03. The molecule has 3 fully saturated rings. The van der Waals surface area contributed by atoms with E-state index in [0.29, 0.717) is 6.42 Å². The molecule has 11 heavy (non-hydrogen) atoms. The highest BCUT2D eigenvalue weighted by Crippen LogP contribution is 2.70. The van der Waals surface area contributed by atoms with Gasteiger partial charge in [0.2, 0.25) is 0 Å². The third-order valence-electron chi connectivity index (χ3n) is 1.62. The molecule has 3 aliphatic heterocycles. The van der Waals surface area contributed by atoms with Crippen molar-refractivity contribution >= 4 is 16.6 Å². The van der Waals surface area contributed by atoms with E-state index in [1.54, 1.807) is 0 Å². The highest BCUT2D eigenvalue weighted by atomic mass is 31.2. The van der Waals surface area contributed by atoms with Crippen molar-refractivity contribution in [1.29, 1.82) is 0 Å². The summed E-state index contributed by atoms with van der Waals surface area (Å²) in [6.45, 7) is 1.87. The Morgan fingerprint density at radius 1 is 1.64 bits per heavy atom. The molecule has 0 aromatic carbocycles. The summed E-state index contributed by atoms with van der Waals surface area (Å²) in [5.74, 6) is 0. The topological polar surface area (TPSA) is 80.0 Å². The first-order valence-electron chi connectivity index (χ1n) is 3.25. The number of hydrogen-bond donors (Lipinski definition) is 1. The lowest BCUT2D eigenvalue weighted by atomic mass is 10.5. The van der Waals surface area contributed by atoms with Crippen LogP contribution in [-0.2, 0) is 22.2 Å². The predicted octanol–water partition coefficient (Wildman–Crippen LogP) is 0.318. The second-order valence-electron chi connectivity index (χ2n) is 2.41. The van der Waals surface area contributed by atoms with Gasteiger partial charge in [-0.1, -0.05) is 6.92 Å². The van der Waals surface area contributed by atoms with Crippen LogP contribution in [0, 0.1) is 0 Å². The highest BCUT2D eigenvalue weighted by molar-refractivity contribution is 7.56. The van der Waals surface area contributed by atoms with E-state index in [1.807, 2.05) is 6.92 Å². The van der Waals surface area contributed by atoms with Crippen LogP contribution in [0.25, 0.3) is 0 Å². The first kappa shape index (κ1) is 7.87. The van der Waals surface area contributed by atoms with Gasteiger partial charge in [-0.05, 0) is 6.42 Å². The monoisotopic (exact) mass is 197 g/mol.